The Balaban J connectivity index is 2.27. The number of rotatable bonds is 1. The minimum atomic E-state index is -0.893. The van der Waals surface area contributed by atoms with Gasteiger partial charge in [-0.2, -0.15) is 0 Å². The molecule has 0 bridgehead atoms. The summed E-state index contributed by atoms with van der Waals surface area (Å²) >= 11 is 0. The SMILES string of the molecule is CC1(C)CC(O)(c2cnccn2)CCO1. The van der Waals surface area contributed by atoms with Crippen molar-refractivity contribution in [3.63, 3.8) is 0 Å². The first-order valence-electron chi connectivity index (χ1n) is 5.15. The highest BCUT2D eigenvalue weighted by molar-refractivity contribution is 5.10. The molecule has 2 heterocycles. The van der Waals surface area contributed by atoms with Gasteiger partial charge in [0, 0.05) is 25.2 Å². The molecule has 82 valence electrons. The Morgan fingerprint density at radius 3 is 2.80 bits per heavy atom. The van der Waals surface area contributed by atoms with E-state index in [4.69, 9.17) is 4.74 Å². The molecule has 0 radical (unpaired) electrons. The topological polar surface area (TPSA) is 55.2 Å². The Morgan fingerprint density at radius 1 is 1.40 bits per heavy atom. The third-order valence-corrected chi connectivity index (χ3v) is 2.77. The average Bonchev–Trinajstić information content (AvgIpc) is 2.17. The predicted molar refractivity (Wildman–Crippen MR) is 55.2 cm³/mol. The summed E-state index contributed by atoms with van der Waals surface area (Å²) in [5.41, 5.74) is -0.554. The maximum atomic E-state index is 10.5. The highest BCUT2D eigenvalue weighted by Gasteiger charge is 2.41. The van der Waals surface area contributed by atoms with Crippen LogP contribution in [0.25, 0.3) is 0 Å². The first kappa shape index (κ1) is 10.5. The molecule has 0 amide bonds. The summed E-state index contributed by atoms with van der Waals surface area (Å²) in [6.07, 6.45) is 5.97. The lowest BCUT2D eigenvalue weighted by molar-refractivity contribution is -0.149. The number of nitrogens with zero attached hydrogens (tertiary/aromatic N) is 2. The van der Waals surface area contributed by atoms with E-state index in [-0.39, 0.29) is 5.60 Å². The van der Waals surface area contributed by atoms with Crippen LogP contribution in [0.4, 0.5) is 0 Å². The number of hydrogen-bond donors (Lipinski definition) is 1. The van der Waals surface area contributed by atoms with Crippen molar-refractivity contribution in [2.45, 2.75) is 37.9 Å². The lowest BCUT2D eigenvalue weighted by Crippen LogP contribution is -2.44. The van der Waals surface area contributed by atoms with Gasteiger partial charge in [-0.15, -0.1) is 0 Å². The van der Waals surface area contributed by atoms with E-state index >= 15 is 0 Å². The van der Waals surface area contributed by atoms with E-state index in [9.17, 15) is 5.11 Å². The van der Waals surface area contributed by atoms with Gasteiger partial charge in [-0.05, 0) is 13.8 Å². The quantitative estimate of drug-likeness (QED) is 0.754. The molecule has 0 saturated carbocycles. The van der Waals surface area contributed by atoms with E-state index in [0.717, 1.165) is 0 Å². The maximum Gasteiger partial charge on any atom is 0.113 e. The monoisotopic (exact) mass is 208 g/mol. The van der Waals surface area contributed by atoms with Crippen LogP contribution in [0.2, 0.25) is 0 Å². The van der Waals surface area contributed by atoms with Gasteiger partial charge in [0.05, 0.1) is 24.1 Å². The summed E-state index contributed by atoms with van der Waals surface area (Å²) in [4.78, 5) is 8.16. The fourth-order valence-corrected chi connectivity index (χ4v) is 2.10. The van der Waals surface area contributed by atoms with Gasteiger partial charge >= 0.3 is 0 Å². The number of aromatic nitrogens is 2. The summed E-state index contributed by atoms with van der Waals surface area (Å²) in [6.45, 7) is 4.51. The zero-order valence-corrected chi connectivity index (χ0v) is 9.10. The van der Waals surface area contributed by atoms with Crippen LogP contribution in [0.5, 0.6) is 0 Å². The molecule has 1 saturated heterocycles. The largest absolute Gasteiger partial charge is 0.383 e. The Morgan fingerprint density at radius 2 is 2.20 bits per heavy atom. The Kier molecular flexibility index (Phi) is 2.48. The number of ether oxygens (including phenoxy) is 1. The van der Waals surface area contributed by atoms with Gasteiger partial charge in [0.25, 0.3) is 0 Å². The van der Waals surface area contributed by atoms with Crippen LogP contribution >= 0.6 is 0 Å². The Hall–Kier alpha value is -1.00. The molecule has 0 aliphatic carbocycles. The van der Waals surface area contributed by atoms with Crippen molar-refractivity contribution in [2.75, 3.05) is 6.61 Å². The number of hydrogen-bond acceptors (Lipinski definition) is 4. The standard InChI is InChI=1S/C11H16N2O2/c1-10(2)8-11(14,3-6-15-10)9-7-12-4-5-13-9/h4-5,7,14H,3,6,8H2,1-2H3. The zero-order chi connectivity index (χ0) is 10.9. The van der Waals surface area contributed by atoms with Crippen LogP contribution in [0.1, 0.15) is 32.4 Å². The smallest absolute Gasteiger partial charge is 0.113 e. The molecular weight excluding hydrogens is 192 g/mol. The van der Waals surface area contributed by atoms with Crippen LogP contribution in [0.3, 0.4) is 0 Å². The van der Waals surface area contributed by atoms with E-state index in [1.165, 1.54) is 0 Å². The van der Waals surface area contributed by atoms with Crippen molar-refractivity contribution in [2.24, 2.45) is 0 Å². The average molecular weight is 208 g/mol. The molecule has 4 heteroatoms. The van der Waals surface area contributed by atoms with Crippen LogP contribution in [-0.2, 0) is 10.3 Å². The van der Waals surface area contributed by atoms with Crippen molar-refractivity contribution in [3.05, 3.63) is 24.3 Å². The molecule has 4 nitrogen and oxygen atoms in total. The maximum absolute atomic E-state index is 10.5. The molecule has 0 spiro atoms. The Bertz CT molecular complexity index is 340. The van der Waals surface area contributed by atoms with Gasteiger partial charge in [0.15, 0.2) is 0 Å². The summed E-state index contributed by atoms with van der Waals surface area (Å²) in [7, 11) is 0. The molecule has 15 heavy (non-hydrogen) atoms. The lowest BCUT2D eigenvalue weighted by atomic mass is 9.82. The van der Waals surface area contributed by atoms with Crippen molar-refractivity contribution in [3.8, 4) is 0 Å². The van der Waals surface area contributed by atoms with Crippen LogP contribution in [0.15, 0.2) is 18.6 Å². The highest BCUT2D eigenvalue weighted by atomic mass is 16.5. The molecule has 1 aliphatic rings. The number of aliphatic hydroxyl groups is 1. The molecule has 2 rings (SSSR count). The van der Waals surface area contributed by atoms with Crippen molar-refractivity contribution in [1.82, 2.24) is 9.97 Å². The van der Waals surface area contributed by atoms with Gasteiger partial charge < -0.3 is 9.84 Å². The molecule has 1 fully saturated rings. The summed E-state index contributed by atoms with van der Waals surface area (Å²) in [5, 5.41) is 10.5. The van der Waals surface area contributed by atoms with E-state index in [2.05, 4.69) is 9.97 Å². The third kappa shape index (κ3) is 2.16. The molecule has 1 aliphatic heterocycles. The Labute approximate surface area is 89.3 Å². The van der Waals surface area contributed by atoms with Crippen molar-refractivity contribution < 1.29 is 9.84 Å². The summed E-state index contributed by atoms with van der Waals surface area (Å²) in [6, 6.07) is 0. The second-order valence-electron chi connectivity index (χ2n) is 4.66. The van der Waals surface area contributed by atoms with Crippen LogP contribution < -0.4 is 0 Å². The molecule has 1 atom stereocenters. The van der Waals surface area contributed by atoms with Crippen molar-refractivity contribution >= 4 is 0 Å². The first-order valence-corrected chi connectivity index (χ1v) is 5.15. The van der Waals surface area contributed by atoms with E-state index < -0.39 is 5.60 Å². The first-order chi connectivity index (χ1) is 7.02. The molecular formula is C11H16N2O2. The molecule has 1 unspecified atom stereocenters. The predicted octanol–water partition coefficient (Wildman–Crippen LogP) is 1.25. The second kappa shape index (κ2) is 3.54. The zero-order valence-electron chi connectivity index (χ0n) is 9.10. The lowest BCUT2D eigenvalue weighted by Gasteiger charge is -2.40. The second-order valence-corrected chi connectivity index (χ2v) is 4.66. The van der Waals surface area contributed by atoms with Gasteiger partial charge in [-0.25, -0.2) is 0 Å². The fraction of sp³-hybridized carbons (Fsp3) is 0.636. The van der Waals surface area contributed by atoms with E-state index in [0.29, 0.717) is 25.1 Å². The van der Waals surface area contributed by atoms with Gasteiger partial charge in [-0.3, -0.25) is 9.97 Å². The minimum Gasteiger partial charge on any atom is -0.383 e. The summed E-state index contributed by atoms with van der Waals surface area (Å²) < 4.78 is 5.57. The summed E-state index contributed by atoms with van der Waals surface area (Å²) in [5.74, 6) is 0. The normalized spacial score (nSPS) is 30.1. The van der Waals surface area contributed by atoms with Gasteiger partial charge in [0.2, 0.25) is 0 Å². The van der Waals surface area contributed by atoms with Gasteiger partial charge in [-0.1, -0.05) is 0 Å². The van der Waals surface area contributed by atoms with Crippen LogP contribution in [0, 0.1) is 0 Å². The molecule has 1 N–H and O–H groups in total. The third-order valence-electron chi connectivity index (χ3n) is 2.77. The van der Waals surface area contributed by atoms with E-state index in [1.54, 1.807) is 18.6 Å². The minimum absolute atomic E-state index is 0.301. The van der Waals surface area contributed by atoms with Crippen molar-refractivity contribution in [1.29, 1.82) is 0 Å². The van der Waals surface area contributed by atoms with Crippen LogP contribution in [-0.4, -0.2) is 27.3 Å². The highest BCUT2D eigenvalue weighted by Crippen LogP contribution is 2.37. The molecule has 1 aromatic heterocycles. The molecule has 0 aromatic carbocycles. The van der Waals surface area contributed by atoms with Gasteiger partial charge in [0.1, 0.15) is 5.60 Å². The van der Waals surface area contributed by atoms with E-state index in [1.807, 2.05) is 13.8 Å². The molecule has 1 aromatic rings. The fourth-order valence-electron chi connectivity index (χ4n) is 2.10.